The number of methoxy groups -OCH3 is 2. The first-order chi connectivity index (χ1) is 13.8. The molecule has 0 spiro atoms. The lowest BCUT2D eigenvalue weighted by Gasteiger charge is -2.20. The van der Waals surface area contributed by atoms with Gasteiger partial charge >= 0.3 is 6.18 Å². The number of rotatable bonds is 6. The Morgan fingerprint density at radius 2 is 1.86 bits per heavy atom. The largest absolute Gasteiger partial charge is 0.493 e. The Kier molecular flexibility index (Phi) is 6.29. The molecule has 0 aliphatic carbocycles. The summed E-state index contributed by atoms with van der Waals surface area (Å²) in [5.41, 5.74) is 6.05. The zero-order chi connectivity index (χ0) is 21.0. The Balaban J connectivity index is 1.73. The Morgan fingerprint density at radius 3 is 2.55 bits per heavy atom. The minimum atomic E-state index is -4.47. The fraction of sp³-hybridized carbons (Fsp3) is 0.350. The third kappa shape index (κ3) is 4.63. The van der Waals surface area contributed by atoms with Crippen LogP contribution in [0.1, 0.15) is 22.7 Å². The molecule has 1 aliphatic rings. The minimum Gasteiger partial charge on any atom is -0.493 e. The Hall–Kier alpha value is -2.78. The maximum Gasteiger partial charge on any atom is 0.416 e. The lowest BCUT2D eigenvalue weighted by molar-refractivity contribution is -0.138. The summed E-state index contributed by atoms with van der Waals surface area (Å²) in [6, 6.07) is 10.2. The summed E-state index contributed by atoms with van der Waals surface area (Å²) in [6.45, 7) is 0.134. The number of halogens is 3. The third-order valence-electron chi connectivity index (χ3n) is 4.86. The molecule has 0 aromatic heterocycles. The van der Waals surface area contributed by atoms with E-state index in [1.165, 1.54) is 32.4 Å². The fourth-order valence-electron chi connectivity index (χ4n) is 3.37. The van der Waals surface area contributed by atoms with Gasteiger partial charge in [0.25, 0.3) is 0 Å². The number of amides is 1. The van der Waals surface area contributed by atoms with Crippen LogP contribution in [0.5, 0.6) is 11.5 Å². The van der Waals surface area contributed by atoms with E-state index in [2.05, 4.69) is 16.2 Å². The summed E-state index contributed by atoms with van der Waals surface area (Å²) in [5.74, 6) is 0.231. The van der Waals surface area contributed by atoms with Crippen molar-refractivity contribution in [2.24, 2.45) is 5.92 Å². The van der Waals surface area contributed by atoms with E-state index in [0.29, 0.717) is 18.0 Å². The number of carbonyl (C=O) groups is 1. The summed E-state index contributed by atoms with van der Waals surface area (Å²) in [7, 11) is 3.05. The van der Waals surface area contributed by atoms with Crippen LogP contribution < -0.4 is 25.6 Å². The van der Waals surface area contributed by atoms with Crippen LogP contribution in [-0.4, -0.2) is 26.7 Å². The molecule has 1 amide bonds. The highest BCUT2D eigenvalue weighted by molar-refractivity contribution is 5.80. The molecule has 156 valence electrons. The number of hydrogen-bond acceptors (Lipinski definition) is 5. The first-order valence-electron chi connectivity index (χ1n) is 8.98. The molecular formula is C20H22F3N3O3. The maximum atomic E-state index is 13.1. The Morgan fingerprint density at radius 1 is 1.14 bits per heavy atom. The van der Waals surface area contributed by atoms with Crippen molar-refractivity contribution < 1.29 is 27.4 Å². The van der Waals surface area contributed by atoms with Crippen LogP contribution in [0.2, 0.25) is 0 Å². The number of ether oxygens (including phenoxy) is 2. The Labute approximate surface area is 166 Å². The molecule has 1 heterocycles. The van der Waals surface area contributed by atoms with Gasteiger partial charge in [-0.2, -0.15) is 13.2 Å². The highest BCUT2D eigenvalue weighted by Crippen LogP contribution is 2.34. The number of nitrogens with one attached hydrogen (secondary N) is 3. The van der Waals surface area contributed by atoms with Crippen molar-refractivity contribution in [2.45, 2.75) is 18.8 Å². The number of benzene rings is 2. The quantitative estimate of drug-likeness (QED) is 0.685. The second-order valence-corrected chi connectivity index (χ2v) is 6.60. The average molecular weight is 409 g/mol. The predicted molar refractivity (Wildman–Crippen MR) is 100 cm³/mol. The standard InChI is InChI=1S/C20H22F3N3O3/c1-28-16-8-7-12(9-17(16)29-2)18-14(11-25-26-18)19(27)24-10-13-5-3-4-6-15(13)20(21,22)23/h3-9,14,18,25-26H,10-11H2,1-2H3,(H,24,27). The van der Waals surface area contributed by atoms with Gasteiger partial charge in [-0.15, -0.1) is 0 Å². The molecule has 2 aromatic carbocycles. The molecule has 3 N–H and O–H groups in total. The summed E-state index contributed by atoms with van der Waals surface area (Å²) >= 11 is 0. The maximum absolute atomic E-state index is 13.1. The van der Waals surface area contributed by atoms with Gasteiger partial charge in [0.05, 0.1) is 31.7 Å². The van der Waals surface area contributed by atoms with Gasteiger partial charge in [-0.25, -0.2) is 5.43 Å². The van der Waals surface area contributed by atoms with Gasteiger partial charge in [-0.3, -0.25) is 10.2 Å². The number of hydrogen-bond donors (Lipinski definition) is 3. The van der Waals surface area contributed by atoms with E-state index in [1.807, 2.05) is 6.07 Å². The smallest absolute Gasteiger partial charge is 0.416 e. The van der Waals surface area contributed by atoms with Crippen molar-refractivity contribution in [1.82, 2.24) is 16.2 Å². The average Bonchev–Trinajstić information content (AvgIpc) is 3.21. The lowest BCUT2D eigenvalue weighted by Crippen LogP contribution is -2.35. The molecule has 29 heavy (non-hydrogen) atoms. The van der Waals surface area contributed by atoms with Crippen molar-refractivity contribution in [3.05, 3.63) is 59.2 Å². The van der Waals surface area contributed by atoms with E-state index in [4.69, 9.17) is 9.47 Å². The molecule has 0 radical (unpaired) electrons. The summed E-state index contributed by atoms with van der Waals surface area (Å²) in [5, 5.41) is 2.63. The van der Waals surface area contributed by atoms with E-state index < -0.39 is 17.7 Å². The van der Waals surface area contributed by atoms with Crippen LogP contribution in [0.3, 0.4) is 0 Å². The van der Waals surface area contributed by atoms with Gasteiger partial charge in [-0.1, -0.05) is 24.3 Å². The van der Waals surface area contributed by atoms with E-state index in [-0.39, 0.29) is 24.1 Å². The third-order valence-corrected chi connectivity index (χ3v) is 4.86. The van der Waals surface area contributed by atoms with Gasteiger partial charge in [0.2, 0.25) is 5.91 Å². The van der Waals surface area contributed by atoms with E-state index in [9.17, 15) is 18.0 Å². The van der Waals surface area contributed by atoms with Crippen LogP contribution in [0.4, 0.5) is 13.2 Å². The van der Waals surface area contributed by atoms with Crippen LogP contribution >= 0.6 is 0 Å². The number of carbonyl (C=O) groups excluding carboxylic acids is 1. The number of hydrazine groups is 1. The van der Waals surface area contributed by atoms with Gasteiger partial charge in [-0.05, 0) is 29.3 Å². The van der Waals surface area contributed by atoms with E-state index in [0.717, 1.165) is 11.6 Å². The molecular weight excluding hydrogens is 387 g/mol. The van der Waals surface area contributed by atoms with Crippen molar-refractivity contribution in [2.75, 3.05) is 20.8 Å². The molecule has 3 rings (SSSR count). The number of alkyl halides is 3. The molecule has 2 unspecified atom stereocenters. The van der Waals surface area contributed by atoms with Gasteiger partial charge < -0.3 is 14.8 Å². The summed E-state index contributed by atoms with van der Waals surface area (Å²) in [6.07, 6.45) is -4.47. The first kappa shape index (κ1) is 20.9. The van der Waals surface area contributed by atoms with E-state index in [1.54, 1.807) is 12.1 Å². The molecule has 2 aromatic rings. The second-order valence-electron chi connectivity index (χ2n) is 6.60. The molecule has 1 fully saturated rings. The van der Waals surface area contributed by atoms with E-state index >= 15 is 0 Å². The van der Waals surface area contributed by atoms with Crippen LogP contribution in [0, 0.1) is 5.92 Å². The highest BCUT2D eigenvalue weighted by atomic mass is 19.4. The first-order valence-corrected chi connectivity index (χ1v) is 8.98. The molecule has 1 saturated heterocycles. The zero-order valence-corrected chi connectivity index (χ0v) is 16.0. The highest BCUT2D eigenvalue weighted by Gasteiger charge is 2.36. The van der Waals surface area contributed by atoms with Gasteiger partial charge in [0.15, 0.2) is 11.5 Å². The second kappa shape index (κ2) is 8.71. The fourth-order valence-corrected chi connectivity index (χ4v) is 3.37. The van der Waals surface area contributed by atoms with Crippen LogP contribution in [0.25, 0.3) is 0 Å². The molecule has 0 saturated carbocycles. The van der Waals surface area contributed by atoms with Gasteiger partial charge in [0.1, 0.15) is 0 Å². The summed E-state index contributed by atoms with van der Waals surface area (Å²) in [4.78, 5) is 12.7. The topological polar surface area (TPSA) is 71.6 Å². The minimum absolute atomic E-state index is 0.0231. The molecule has 0 bridgehead atoms. The SMILES string of the molecule is COc1ccc(C2NNCC2C(=O)NCc2ccccc2C(F)(F)F)cc1OC. The van der Waals surface area contributed by atoms with Gasteiger partial charge in [0, 0.05) is 13.1 Å². The normalized spacial score (nSPS) is 19.1. The Bertz CT molecular complexity index is 874. The van der Waals surface area contributed by atoms with Crippen molar-refractivity contribution in [1.29, 1.82) is 0 Å². The molecule has 9 heteroatoms. The summed E-state index contributed by atoms with van der Waals surface area (Å²) < 4.78 is 49.9. The lowest BCUT2D eigenvalue weighted by atomic mass is 9.93. The van der Waals surface area contributed by atoms with Crippen LogP contribution in [0.15, 0.2) is 42.5 Å². The molecule has 6 nitrogen and oxygen atoms in total. The predicted octanol–water partition coefficient (Wildman–Crippen LogP) is 2.80. The van der Waals surface area contributed by atoms with Crippen LogP contribution in [-0.2, 0) is 17.5 Å². The van der Waals surface area contributed by atoms with Crippen molar-refractivity contribution >= 4 is 5.91 Å². The molecule has 1 aliphatic heterocycles. The zero-order valence-electron chi connectivity index (χ0n) is 16.0. The van der Waals surface area contributed by atoms with Crippen molar-refractivity contribution in [3.63, 3.8) is 0 Å². The van der Waals surface area contributed by atoms with Crippen molar-refractivity contribution in [3.8, 4) is 11.5 Å². The molecule has 2 atom stereocenters. The monoisotopic (exact) mass is 409 g/mol.